The van der Waals surface area contributed by atoms with Gasteiger partial charge in [-0.2, -0.15) is 0 Å². The van der Waals surface area contributed by atoms with Crippen molar-refractivity contribution in [2.24, 2.45) is 0 Å². The van der Waals surface area contributed by atoms with E-state index in [0.29, 0.717) is 10.7 Å². The number of hydrogen-bond acceptors (Lipinski definition) is 5. The van der Waals surface area contributed by atoms with Gasteiger partial charge in [0.2, 0.25) is 5.13 Å². The SMILES string of the molecule is C=CCSc1nnc(NC(=O)c2cccc(C)c2)s1. The van der Waals surface area contributed by atoms with Gasteiger partial charge in [-0.3, -0.25) is 10.1 Å². The summed E-state index contributed by atoms with van der Waals surface area (Å²) in [5.74, 6) is 0.612. The van der Waals surface area contributed by atoms with E-state index in [1.807, 2.05) is 25.1 Å². The van der Waals surface area contributed by atoms with Crippen LogP contribution in [0, 0.1) is 6.92 Å². The molecule has 1 aromatic heterocycles. The van der Waals surface area contributed by atoms with Crippen molar-refractivity contribution in [2.75, 3.05) is 11.1 Å². The fourth-order valence-electron chi connectivity index (χ4n) is 1.40. The molecule has 6 heteroatoms. The third-order valence-electron chi connectivity index (χ3n) is 2.23. The van der Waals surface area contributed by atoms with Crippen LogP contribution in [0.25, 0.3) is 0 Å². The molecule has 0 atom stereocenters. The Morgan fingerprint density at radius 2 is 2.37 bits per heavy atom. The van der Waals surface area contributed by atoms with Gasteiger partial charge in [-0.15, -0.1) is 16.8 Å². The molecule has 0 saturated heterocycles. The van der Waals surface area contributed by atoms with E-state index in [2.05, 4.69) is 22.1 Å². The van der Waals surface area contributed by atoms with Crippen molar-refractivity contribution in [3.63, 3.8) is 0 Å². The maximum absolute atomic E-state index is 12.0. The van der Waals surface area contributed by atoms with Crippen molar-refractivity contribution in [2.45, 2.75) is 11.3 Å². The molecule has 0 saturated carbocycles. The normalized spacial score (nSPS) is 10.2. The van der Waals surface area contributed by atoms with Gasteiger partial charge >= 0.3 is 0 Å². The van der Waals surface area contributed by atoms with E-state index in [1.54, 1.807) is 23.9 Å². The van der Waals surface area contributed by atoms with E-state index in [0.717, 1.165) is 15.7 Å². The number of aromatic nitrogens is 2. The number of aryl methyl sites for hydroxylation is 1. The number of anilines is 1. The summed E-state index contributed by atoms with van der Waals surface area (Å²) in [5, 5.41) is 11.2. The van der Waals surface area contributed by atoms with Gasteiger partial charge in [-0.1, -0.05) is 46.9 Å². The standard InChI is InChI=1S/C13H13N3OS2/c1-3-7-18-13-16-15-12(19-13)14-11(17)10-6-4-5-9(2)8-10/h3-6,8H,1,7H2,2H3,(H,14,15,17). The summed E-state index contributed by atoms with van der Waals surface area (Å²) < 4.78 is 0.819. The average Bonchev–Trinajstić information content (AvgIpc) is 2.84. The first-order chi connectivity index (χ1) is 9.19. The molecule has 2 aromatic rings. The molecule has 1 aromatic carbocycles. The molecular formula is C13H13N3OS2. The molecule has 0 unspecified atom stereocenters. The topological polar surface area (TPSA) is 54.9 Å². The Balaban J connectivity index is 2.02. The van der Waals surface area contributed by atoms with Crippen molar-refractivity contribution in [1.82, 2.24) is 10.2 Å². The van der Waals surface area contributed by atoms with Gasteiger partial charge in [0, 0.05) is 11.3 Å². The molecule has 1 N–H and O–H groups in total. The molecule has 1 amide bonds. The second-order valence-electron chi connectivity index (χ2n) is 3.80. The molecule has 0 aliphatic heterocycles. The van der Waals surface area contributed by atoms with E-state index < -0.39 is 0 Å². The van der Waals surface area contributed by atoms with Crippen LogP contribution in [0.3, 0.4) is 0 Å². The van der Waals surface area contributed by atoms with Crippen molar-refractivity contribution in [1.29, 1.82) is 0 Å². The minimum Gasteiger partial charge on any atom is -0.296 e. The van der Waals surface area contributed by atoms with Crippen LogP contribution in [-0.2, 0) is 0 Å². The van der Waals surface area contributed by atoms with Crippen LogP contribution in [0.15, 0.2) is 41.3 Å². The second kappa shape index (κ2) is 6.49. The third-order valence-corrected chi connectivity index (χ3v) is 4.20. The zero-order valence-electron chi connectivity index (χ0n) is 10.4. The first-order valence-electron chi connectivity index (χ1n) is 5.64. The van der Waals surface area contributed by atoms with Crippen LogP contribution in [0.4, 0.5) is 5.13 Å². The van der Waals surface area contributed by atoms with Crippen LogP contribution in [0.2, 0.25) is 0 Å². The summed E-state index contributed by atoms with van der Waals surface area (Å²) in [6.45, 7) is 5.59. The number of amides is 1. The zero-order valence-corrected chi connectivity index (χ0v) is 12.1. The summed E-state index contributed by atoms with van der Waals surface area (Å²) in [6, 6.07) is 7.42. The molecule has 98 valence electrons. The molecule has 2 rings (SSSR count). The lowest BCUT2D eigenvalue weighted by Gasteiger charge is -2.01. The lowest BCUT2D eigenvalue weighted by Crippen LogP contribution is -2.11. The Morgan fingerprint density at radius 3 is 3.11 bits per heavy atom. The lowest BCUT2D eigenvalue weighted by molar-refractivity contribution is 0.102. The zero-order chi connectivity index (χ0) is 13.7. The minimum atomic E-state index is -0.167. The van der Waals surface area contributed by atoms with Gasteiger partial charge in [0.05, 0.1) is 0 Å². The van der Waals surface area contributed by atoms with Crippen LogP contribution < -0.4 is 5.32 Å². The number of rotatable bonds is 5. The molecule has 19 heavy (non-hydrogen) atoms. The third kappa shape index (κ3) is 3.90. The molecule has 0 aliphatic rings. The quantitative estimate of drug-likeness (QED) is 0.521. The largest absolute Gasteiger partial charge is 0.296 e. The summed E-state index contributed by atoms with van der Waals surface area (Å²) >= 11 is 2.90. The highest BCUT2D eigenvalue weighted by atomic mass is 32.2. The van der Waals surface area contributed by atoms with Crippen LogP contribution in [0.5, 0.6) is 0 Å². The molecule has 0 radical (unpaired) electrons. The van der Waals surface area contributed by atoms with Crippen molar-refractivity contribution in [3.05, 3.63) is 48.0 Å². The van der Waals surface area contributed by atoms with E-state index in [-0.39, 0.29) is 5.91 Å². The summed E-state index contributed by atoms with van der Waals surface area (Å²) in [6.07, 6.45) is 1.80. The maximum atomic E-state index is 12.0. The molecule has 0 spiro atoms. The molecular weight excluding hydrogens is 278 g/mol. The van der Waals surface area contributed by atoms with Gasteiger partial charge in [0.15, 0.2) is 4.34 Å². The van der Waals surface area contributed by atoms with Crippen molar-refractivity contribution < 1.29 is 4.79 Å². The first-order valence-corrected chi connectivity index (χ1v) is 7.44. The average molecular weight is 291 g/mol. The van der Waals surface area contributed by atoms with Crippen molar-refractivity contribution in [3.8, 4) is 0 Å². The van der Waals surface area contributed by atoms with Crippen LogP contribution in [0.1, 0.15) is 15.9 Å². The minimum absolute atomic E-state index is 0.167. The van der Waals surface area contributed by atoms with Crippen molar-refractivity contribution >= 4 is 34.1 Å². The summed E-state index contributed by atoms with van der Waals surface area (Å²) in [7, 11) is 0. The predicted octanol–water partition coefficient (Wildman–Crippen LogP) is 3.38. The number of nitrogens with one attached hydrogen (secondary N) is 1. The maximum Gasteiger partial charge on any atom is 0.257 e. The molecule has 1 heterocycles. The number of nitrogens with zero attached hydrogens (tertiary/aromatic N) is 2. The number of carbonyl (C=O) groups is 1. The highest BCUT2D eigenvalue weighted by molar-refractivity contribution is 8.01. The Kier molecular flexibility index (Phi) is 4.70. The smallest absolute Gasteiger partial charge is 0.257 e. The van der Waals surface area contributed by atoms with Crippen LogP contribution >= 0.6 is 23.1 Å². The predicted molar refractivity (Wildman–Crippen MR) is 80.0 cm³/mol. The van der Waals surface area contributed by atoms with Crippen LogP contribution in [-0.4, -0.2) is 21.9 Å². The Morgan fingerprint density at radius 1 is 1.53 bits per heavy atom. The van der Waals surface area contributed by atoms with E-state index in [9.17, 15) is 4.79 Å². The highest BCUT2D eigenvalue weighted by Crippen LogP contribution is 2.25. The number of thioether (sulfide) groups is 1. The Labute approximate surface area is 120 Å². The molecule has 0 aliphatic carbocycles. The molecule has 0 bridgehead atoms. The fourth-order valence-corrected chi connectivity index (χ4v) is 2.91. The first kappa shape index (κ1) is 13.8. The number of benzene rings is 1. The lowest BCUT2D eigenvalue weighted by atomic mass is 10.1. The van der Waals surface area contributed by atoms with Gasteiger partial charge in [0.25, 0.3) is 5.91 Å². The summed E-state index contributed by atoms with van der Waals surface area (Å²) in [5.41, 5.74) is 1.67. The monoisotopic (exact) mass is 291 g/mol. The summed E-state index contributed by atoms with van der Waals surface area (Å²) in [4.78, 5) is 12.0. The second-order valence-corrected chi connectivity index (χ2v) is 6.04. The van der Waals surface area contributed by atoms with Gasteiger partial charge < -0.3 is 0 Å². The number of carbonyl (C=O) groups excluding carboxylic acids is 1. The van der Waals surface area contributed by atoms with Gasteiger partial charge in [-0.25, -0.2) is 0 Å². The van der Waals surface area contributed by atoms with Gasteiger partial charge in [0.1, 0.15) is 0 Å². The van der Waals surface area contributed by atoms with Gasteiger partial charge in [-0.05, 0) is 19.1 Å². The number of hydrogen-bond donors (Lipinski definition) is 1. The van der Waals surface area contributed by atoms with E-state index in [4.69, 9.17) is 0 Å². The molecule has 4 nitrogen and oxygen atoms in total. The molecule has 0 fully saturated rings. The van der Waals surface area contributed by atoms with E-state index >= 15 is 0 Å². The Hall–Kier alpha value is -1.66. The van der Waals surface area contributed by atoms with E-state index in [1.165, 1.54) is 11.3 Å². The fraction of sp³-hybridized carbons (Fsp3) is 0.154. The Bertz CT molecular complexity index is 595. The highest BCUT2D eigenvalue weighted by Gasteiger charge is 2.10.